The predicted octanol–water partition coefficient (Wildman–Crippen LogP) is 1.13. The molecular formula is C14H17N3O2S. The van der Waals surface area contributed by atoms with Gasteiger partial charge in [-0.25, -0.2) is 8.42 Å². The molecular weight excluding hydrogens is 274 g/mol. The van der Waals surface area contributed by atoms with Crippen LogP contribution in [0.5, 0.6) is 0 Å². The smallest absolute Gasteiger partial charge is 0.236 e. The van der Waals surface area contributed by atoms with Crippen LogP contribution < -0.4 is 0 Å². The second kappa shape index (κ2) is 6.66. The summed E-state index contributed by atoms with van der Waals surface area (Å²) in [4.78, 5) is 1.95. The minimum Gasteiger partial charge on any atom is -0.288 e. The fraction of sp³-hybridized carbons (Fsp3) is 0.357. The van der Waals surface area contributed by atoms with Gasteiger partial charge < -0.3 is 0 Å². The average molecular weight is 291 g/mol. The number of hydrogen-bond donors (Lipinski definition) is 0. The molecule has 1 aromatic carbocycles. The summed E-state index contributed by atoms with van der Waals surface area (Å²) in [6.45, 7) is 2.43. The maximum absolute atomic E-state index is 12.2. The van der Waals surface area contributed by atoms with Crippen LogP contribution in [0, 0.1) is 11.3 Å². The highest BCUT2D eigenvalue weighted by Gasteiger charge is 2.24. The standard InChI is InChI=1S/C14H17N3O2S/c15-7-8-16-9-11-17(12-10-16)20(18,19)13-6-14-4-2-1-3-5-14/h1-6,13H,8-12H2/b13-6+. The Bertz CT molecular complexity index is 597. The van der Waals surface area contributed by atoms with Crippen LogP contribution in [0.4, 0.5) is 0 Å². The maximum Gasteiger partial charge on any atom is 0.236 e. The molecule has 0 atom stereocenters. The van der Waals surface area contributed by atoms with Gasteiger partial charge in [0.05, 0.1) is 12.6 Å². The molecule has 5 nitrogen and oxygen atoms in total. The SMILES string of the molecule is N#CCN1CCN(S(=O)(=O)/C=C/c2ccccc2)CC1. The molecule has 2 rings (SSSR count). The van der Waals surface area contributed by atoms with Gasteiger partial charge in [0.25, 0.3) is 0 Å². The van der Waals surface area contributed by atoms with Crippen molar-refractivity contribution >= 4 is 16.1 Å². The highest BCUT2D eigenvalue weighted by atomic mass is 32.2. The first-order chi connectivity index (χ1) is 9.62. The lowest BCUT2D eigenvalue weighted by molar-refractivity contribution is 0.207. The van der Waals surface area contributed by atoms with Crippen LogP contribution in [0.2, 0.25) is 0 Å². The van der Waals surface area contributed by atoms with Gasteiger partial charge in [0.15, 0.2) is 0 Å². The number of rotatable bonds is 4. The number of nitrogens with zero attached hydrogens (tertiary/aromatic N) is 3. The molecule has 0 saturated carbocycles. The minimum absolute atomic E-state index is 0.355. The monoisotopic (exact) mass is 291 g/mol. The van der Waals surface area contributed by atoms with Gasteiger partial charge in [-0.3, -0.25) is 4.90 Å². The van der Waals surface area contributed by atoms with Gasteiger partial charge >= 0.3 is 0 Å². The molecule has 0 spiro atoms. The van der Waals surface area contributed by atoms with Crippen LogP contribution >= 0.6 is 0 Å². The van der Waals surface area contributed by atoms with Gasteiger partial charge in [0.1, 0.15) is 0 Å². The zero-order chi connectivity index (χ0) is 14.4. The quantitative estimate of drug-likeness (QED) is 0.780. The van der Waals surface area contributed by atoms with Gasteiger partial charge in [-0.15, -0.1) is 0 Å². The molecule has 106 valence electrons. The van der Waals surface area contributed by atoms with Crippen LogP contribution in [0.15, 0.2) is 35.7 Å². The Labute approximate surface area is 119 Å². The van der Waals surface area contributed by atoms with E-state index in [2.05, 4.69) is 6.07 Å². The van der Waals surface area contributed by atoms with Crippen molar-refractivity contribution in [2.75, 3.05) is 32.7 Å². The van der Waals surface area contributed by atoms with Crippen molar-refractivity contribution in [1.29, 1.82) is 5.26 Å². The molecule has 0 amide bonds. The summed E-state index contributed by atoms with van der Waals surface area (Å²) in [5.41, 5.74) is 0.860. The molecule has 1 aliphatic rings. The van der Waals surface area contributed by atoms with E-state index in [0.717, 1.165) is 5.56 Å². The number of sulfonamides is 1. The molecule has 1 aliphatic heterocycles. The maximum atomic E-state index is 12.2. The lowest BCUT2D eigenvalue weighted by atomic mass is 10.2. The predicted molar refractivity (Wildman–Crippen MR) is 78.0 cm³/mol. The van der Waals surface area contributed by atoms with Gasteiger partial charge in [-0.05, 0) is 11.6 Å². The van der Waals surface area contributed by atoms with E-state index in [1.54, 1.807) is 6.08 Å². The normalized spacial score (nSPS) is 18.1. The summed E-state index contributed by atoms with van der Waals surface area (Å²) < 4.78 is 25.8. The third kappa shape index (κ3) is 3.90. The molecule has 0 radical (unpaired) electrons. The third-order valence-electron chi connectivity index (χ3n) is 3.22. The number of hydrogen-bond acceptors (Lipinski definition) is 4. The van der Waals surface area contributed by atoms with Crippen molar-refractivity contribution in [2.24, 2.45) is 0 Å². The van der Waals surface area contributed by atoms with Crippen molar-refractivity contribution in [3.05, 3.63) is 41.3 Å². The van der Waals surface area contributed by atoms with Crippen LogP contribution in [-0.2, 0) is 10.0 Å². The highest BCUT2D eigenvalue weighted by molar-refractivity contribution is 7.92. The Balaban J connectivity index is 1.98. The van der Waals surface area contributed by atoms with Crippen LogP contribution in [0.1, 0.15) is 5.56 Å². The van der Waals surface area contributed by atoms with E-state index in [1.165, 1.54) is 9.71 Å². The summed E-state index contributed by atoms with van der Waals surface area (Å²) in [6, 6.07) is 11.4. The van der Waals surface area contributed by atoms with E-state index in [9.17, 15) is 8.42 Å². The molecule has 1 fully saturated rings. The molecule has 1 saturated heterocycles. The van der Waals surface area contributed by atoms with Crippen molar-refractivity contribution < 1.29 is 8.42 Å². The van der Waals surface area contributed by atoms with Crippen LogP contribution in [0.3, 0.4) is 0 Å². The zero-order valence-electron chi connectivity index (χ0n) is 11.1. The van der Waals surface area contributed by atoms with Gasteiger partial charge in [-0.2, -0.15) is 9.57 Å². The molecule has 1 heterocycles. The van der Waals surface area contributed by atoms with E-state index < -0.39 is 10.0 Å². The minimum atomic E-state index is -3.38. The Hall–Kier alpha value is -1.68. The van der Waals surface area contributed by atoms with E-state index in [0.29, 0.717) is 32.7 Å². The fourth-order valence-electron chi connectivity index (χ4n) is 2.06. The van der Waals surface area contributed by atoms with Crippen LogP contribution in [0.25, 0.3) is 6.08 Å². The van der Waals surface area contributed by atoms with Gasteiger partial charge in [0, 0.05) is 31.6 Å². The molecule has 0 N–H and O–H groups in total. The third-order valence-corrected chi connectivity index (χ3v) is 4.78. The second-order valence-electron chi connectivity index (χ2n) is 4.59. The number of benzene rings is 1. The lowest BCUT2D eigenvalue weighted by Gasteiger charge is -2.31. The summed E-state index contributed by atoms with van der Waals surface area (Å²) in [7, 11) is -3.38. The molecule has 0 unspecified atom stereocenters. The molecule has 1 aromatic rings. The van der Waals surface area contributed by atoms with Crippen molar-refractivity contribution in [1.82, 2.24) is 9.21 Å². The Kier molecular flexibility index (Phi) is 4.90. The summed E-state index contributed by atoms with van der Waals surface area (Å²) >= 11 is 0. The Morgan fingerprint density at radius 3 is 2.40 bits per heavy atom. The van der Waals surface area contributed by atoms with Crippen LogP contribution in [-0.4, -0.2) is 50.3 Å². The summed E-state index contributed by atoms with van der Waals surface area (Å²) in [5.74, 6) is 0. The van der Waals surface area contributed by atoms with Crippen molar-refractivity contribution in [3.63, 3.8) is 0 Å². The average Bonchev–Trinajstić information content (AvgIpc) is 2.47. The lowest BCUT2D eigenvalue weighted by Crippen LogP contribution is -2.48. The van der Waals surface area contributed by atoms with E-state index in [-0.39, 0.29) is 0 Å². The summed E-state index contributed by atoms with van der Waals surface area (Å²) in [5, 5.41) is 9.87. The van der Waals surface area contributed by atoms with Crippen molar-refractivity contribution in [2.45, 2.75) is 0 Å². The van der Waals surface area contributed by atoms with Crippen molar-refractivity contribution in [3.8, 4) is 6.07 Å². The van der Waals surface area contributed by atoms with E-state index >= 15 is 0 Å². The molecule has 0 bridgehead atoms. The highest BCUT2D eigenvalue weighted by Crippen LogP contribution is 2.11. The molecule has 0 aliphatic carbocycles. The van der Waals surface area contributed by atoms with E-state index in [4.69, 9.17) is 5.26 Å². The summed E-state index contributed by atoms with van der Waals surface area (Å²) in [6.07, 6.45) is 1.61. The topological polar surface area (TPSA) is 64.4 Å². The first-order valence-corrected chi connectivity index (χ1v) is 7.95. The first-order valence-electron chi connectivity index (χ1n) is 6.44. The number of nitriles is 1. The van der Waals surface area contributed by atoms with Gasteiger partial charge in [-0.1, -0.05) is 30.3 Å². The largest absolute Gasteiger partial charge is 0.288 e. The Morgan fingerprint density at radius 2 is 1.80 bits per heavy atom. The zero-order valence-corrected chi connectivity index (χ0v) is 12.0. The molecule has 20 heavy (non-hydrogen) atoms. The fourth-order valence-corrected chi connectivity index (χ4v) is 3.23. The Morgan fingerprint density at radius 1 is 1.15 bits per heavy atom. The molecule has 6 heteroatoms. The second-order valence-corrected chi connectivity index (χ2v) is 6.41. The number of piperazine rings is 1. The van der Waals surface area contributed by atoms with Gasteiger partial charge in [0.2, 0.25) is 10.0 Å². The molecule has 0 aromatic heterocycles. The first kappa shape index (κ1) is 14.7. The van der Waals surface area contributed by atoms with E-state index in [1.807, 2.05) is 35.2 Å².